The van der Waals surface area contributed by atoms with Crippen LogP contribution in [-0.2, 0) is 19.6 Å². The van der Waals surface area contributed by atoms with E-state index in [9.17, 15) is 8.42 Å². The van der Waals surface area contributed by atoms with Crippen molar-refractivity contribution in [2.75, 3.05) is 14.2 Å². The lowest BCUT2D eigenvalue weighted by Gasteiger charge is -2.11. The molecule has 0 radical (unpaired) electrons. The van der Waals surface area contributed by atoms with Crippen molar-refractivity contribution in [1.82, 2.24) is 9.97 Å². The van der Waals surface area contributed by atoms with Gasteiger partial charge < -0.3 is 9.47 Å². The first-order valence-corrected chi connectivity index (χ1v) is 5.29. The monoisotopic (exact) mass is 234 g/mol. The summed E-state index contributed by atoms with van der Waals surface area (Å²) in [7, 11) is -1.62. The average Bonchev–Trinajstić information content (AvgIpc) is 2.19. The molecule has 1 aromatic rings. The summed E-state index contributed by atoms with van der Waals surface area (Å²) in [5.74, 6) is 0.0233. The van der Waals surface area contributed by atoms with Crippen LogP contribution in [0.25, 0.3) is 0 Å². The molecular weight excluding hydrogens is 224 g/mol. The van der Waals surface area contributed by atoms with E-state index in [0.29, 0.717) is 0 Å². The van der Waals surface area contributed by atoms with Crippen LogP contribution in [0, 0.1) is 0 Å². The highest BCUT2D eigenvalue weighted by Crippen LogP contribution is 2.13. The molecule has 0 atom stereocenters. The highest BCUT2D eigenvalue weighted by Gasteiger charge is 2.17. The van der Waals surface area contributed by atoms with Crippen molar-refractivity contribution < 1.29 is 22.4 Å². The van der Waals surface area contributed by atoms with Crippen molar-refractivity contribution in [3.8, 4) is 0 Å². The van der Waals surface area contributed by atoms with Crippen LogP contribution in [0.4, 0.5) is 0 Å². The van der Waals surface area contributed by atoms with Gasteiger partial charge in [-0.15, -0.1) is 0 Å². The second kappa shape index (κ2) is 4.62. The molecule has 0 saturated heterocycles. The third-order valence-electron chi connectivity index (χ3n) is 1.55. The second-order valence-electron chi connectivity index (χ2n) is 2.53. The van der Waals surface area contributed by atoms with Gasteiger partial charge in [0.2, 0.25) is 6.29 Å². The molecule has 0 spiro atoms. The number of hydrogen-bond donors (Lipinski definition) is 1. The Hall–Kier alpha value is -1.09. The molecule has 84 valence electrons. The Morgan fingerprint density at radius 3 is 2.47 bits per heavy atom. The molecule has 0 unspecified atom stereocenters. The fourth-order valence-corrected chi connectivity index (χ4v) is 1.36. The summed E-state index contributed by atoms with van der Waals surface area (Å²) in [5, 5.41) is -0.494. The molecule has 0 bridgehead atoms. The molecule has 0 aliphatic carbocycles. The van der Waals surface area contributed by atoms with E-state index < -0.39 is 21.4 Å². The summed E-state index contributed by atoms with van der Waals surface area (Å²) in [4.78, 5) is 7.35. The maximum absolute atomic E-state index is 10.8. The SMILES string of the molecule is COC(OC)c1nccc(S(=O)(=O)O)n1. The number of ether oxygens (including phenoxy) is 2. The summed E-state index contributed by atoms with van der Waals surface area (Å²) >= 11 is 0. The van der Waals surface area contributed by atoms with Crippen molar-refractivity contribution in [2.45, 2.75) is 11.3 Å². The maximum Gasteiger partial charge on any atom is 0.312 e. The first-order chi connectivity index (χ1) is 6.99. The van der Waals surface area contributed by atoms with E-state index in [1.165, 1.54) is 20.4 Å². The highest BCUT2D eigenvalue weighted by molar-refractivity contribution is 7.85. The molecule has 1 aromatic heterocycles. The first kappa shape index (κ1) is 12.0. The predicted octanol–water partition coefficient (Wildman–Crippen LogP) is 0.0147. The zero-order valence-corrected chi connectivity index (χ0v) is 8.93. The van der Waals surface area contributed by atoms with Crippen LogP contribution < -0.4 is 0 Å². The van der Waals surface area contributed by atoms with Gasteiger partial charge in [-0.05, 0) is 6.07 Å². The van der Waals surface area contributed by atoms with E-state index in [1.807, 2.05) is 0 Å². The lowest BCUT2D eigenvalue weighted by Crippen LogP contribution is -2.11. The fourth-order valence-electron chi connectivity index (χ4n) is 0.921. The number of rotatable bonds is 4. The van der Waals surface area contributed by atoms with Crippen LogP contribution in [0.1, 0.15) is 12.1 Å². The summed E-state index contributed by atoms with van der Waals surface area (Å²) in [6.07, 6.45) is 0.322. The zero-order valence-electron chi connectivity index (χ0n) is 8.11. The molecule has 0 amide bonds. The molecule has 1 heterocycles. The smallest absolute Gasteiger partial charge is 0.312 e. The van der Waals surface area contributed by atoms with Gasteiger partial charge in [0.15, 0.2) is 10.9 Å². The molecule has 1 N–H and O–H groups in total. The van der Waals surface area contributed by atoms with Gasteiger partial charge in [0, 0.05) is 20.4 Å². The van der Waals surface area contributed by atoms with Crippen LogP contribution in [0.3, 0.4) is 0 Å². The summed E-state index contributed by atoms with van der Waals surface area (Å²) < 4.78 is 39.9. The molecule has 15 heavy (non-hydrogen) atoms. The molecule has 8 heteroatoms. The summed E-state index contributed by atoms with van der Waals surface area (Å²) in [6, 6.07) is 1.07. The maximum atomic E-state index is 10.8. The third-order valence-corrected chi connectivity index (χ3v) is 2.31. The van der Waals surface area contributed by atoms with E-state index in [0.717, 1.165) is 6.07 Å². The minimum absolute atomic E-state index is 0.0233. The molecule has 0 saturated carbocycles. The van der Waals surface area contributed by atoms with Gasteiger partial charge in [0.25, 0.3) is 0 Å². The van der Waals surface area contributed by atoms with Crippen molar-refractivity contribution in [2.24, 2.45) is 0 Å². The molecule has 0 aliphatic rings. The normalized spacial score (nSPS) is 12.0. The van der Waals surface area contributed by atoms with Crippen LogP contribution in [0.5, 0.6) is 0 Å². The van der Waals surface area contributed by atoms with E-state index in [2.05, 4.69) is 9.97 Å². The quantitative estimate of drug-likeness (QED) is 0.445. The van der Waals surface area contributed by atoms with E-state index in [-0.39, 0.29) is 5.82 Å². The Bertz CT molecular complexity index is 429. The van der Waals surface area contributed by atoms with E-state index >= 15 is 0 Å². The van der Waals surface area contributed by atoms with Gasteiger partial charge in [-0.25, -0.2) is 9.97 Å². The molecule has 0 aromatic carbocycles. The van der Waals surface area contributed by atoms with Crippen molar-refractivity contribution in [3.63, 3.8) is 0 Å². The summed E-state index contributed by atoms with van der Waals surface area (Å²) in [5.41, 5.74) is 0. The third kappa shape index (κ3) is 2.93. The molecule has 0 fully saturated rings. The molecular formula is C7H10N2O5S. The van der Waals surface area contributed by atoms with Crippen molar-refractivity contribution >= 4 is 10.1 Å². The Labute approximate surface area is 86.8 Å². The van der Waals surface area contributed by atoms with Gasteiger partial charge in [-0.3, -0.25) is 4.55 Å². The Morgan fingerprint density at radius 1 is 1.40 bits per heavy atom. The van der Waals surface area contributed by atoms with E-state index in [4.69, 9.17) is 14.0 Å². The number of methoxy groups -OCH3 is 2. The van der Waals surface area contributed by atoms with Gasteiger partial charge >= 0.3 is 10.1 Å². The molecule has 7 nitrogen and oxygen atoms in total. The van der Waals surface area contributed by atoms with E-state index in [1.54, 1.807) is 0 Å². The second-order valence-corrected chi connectivity index (χ2v) is 3.90. The van der Waals surface area contributed by atoms with Gasteiger partial charge in [-0.1, -0.05) is 0 Å². The Kier molecular flexibility index (Phi) is 3.69. The van der Waals surface area contributed by atoms with Crippen molar-refractivity contribution in [3.05, 3.63) is 18.1 Å². The van der Waals surface area contributed by atoms with Crippen LogP contribution >= 0.6 is 0 Å². The standard InChI is InChI=1S/C7H10N2O5S/c1-13-7(14-2)6-8-4-3-5(9-6)15(10,11)12/h3-4,7H,1-2H3,(H,10,11,12). The average molecular weight is 234 g/mol. The van der Waals surface area contributed by atoms with Crippen LogP contribution in [0.15, 0.2) is 17.3 Å². The topological polar surface area (TPSA) is 98.6 Å². The predicted molar refractivity (Wildman–Crippen MR) is 48.6 cm³/mol. The number of nitrogens with zero attached hydrogens (tertiary/aromatic N) is 2. The lowest BCUT2D eigenvalue weighted by molar-refractivity contribution is -0.111. The van der Waals surface area contributed by atoms with Crippen LogP contribution in [0.2, 0.25) is 0 Å². The van der Waals surface area contributed by atoms with Gasteiger partial charge in [0.05, 0.1) is 0 Å². The number of hydrogen-bond acceptors (Lipinski definition) is 6. The Balaban J connectivity index is 3.13. The highest BCUT2D eigenvalue weighted by atomic mass is 32.2. The minimum Gasteiger partial charge on any atom is -0.349 e. The van der Waals surface area contributed by atoms with Crippen molar-refractivity contribution in [1.29, 1.82) is 0 Å². The number of aromatic nitrogens is 2. The van der Waals surface area contributed by atoms with Gasteiger partial charge in [0.1, 0.15) is 0 Å². The van der Waals surface area contributed by atoms with Crippen LogP contribution in [-0.4, -0.2) is 37.2 Å². The first-order valence-electron chi connectivity index (χ1n) is 3.85. The largest absolute Gasteiger partial charge is 0.349 e. The summed E-state index contributed by atoms with van der Waals surface area (Å²) in [6.45, 7) is 0. The zero-order chi connectivity index (χ0) is 11.5. The minimum atomic E-state index is -4.34. The lowest BCUT2D eigenvalue weighted by atomic mass is 10.5. The fraction of sp³-hybridized carbons (Fsp3) is 0.429. The molecule has 1 rings (SSSR count). The molecule has 0 aliphatic heterocycles. The van der Waals surface area contributed by atoms with Gasteiger partial charge in [-0.2, -0.15) is 8.42 Å². The Morgan fingerprint density at radius 2 is 2.00 bits per heavy atom.